The number of rotatable bonds is 5. The van der Waals surface area contributed by atoms with Gasteiger partial charge in [0.1, 0.15) is 5.75 Å². The highest BCUT2D eigenvalue weighted by Gasteiger charge is 2.26. The third-order valence-corrected chi connectivity index (χ3v) is 4.53. The molecule has 1 aromatic heterocycles. The van der Waals surface area contributed by atoms with Crippen LogP contribution >= 0.6 is 11.6 Å². The number of nitrogens with two attached hydrogens (primary N) is 1. The van der Waals surface area contributed by atoms with E-state index in [-0.39, 0.29) is 24.5 Å². The molecule has 24 heavy (non-hydrogen) atoms. The largest absolute Gasteiger partial charge is 0.452 e. The molecule has 1 heterocycles. The van der Waals surface area contributed by atoms with Crippen molar-refractivity contribution in [2.45, 2.75) is 31.7 Å². The number of nitrogens with zero attached hydrogens (tertiary/aromatic N) is 2. The molecular formula is C17H21ClN4O2. The summed E-state index contributed by atoms with van der Waals surface area (Å²) in [6.07, 6.45) is 5.80. The molecule has 2 atom stereocenters. The first-order valence-corrected chi connectivity index (χ1v) is 8.47. The van der Waals surface area contributed by atoms with Gasteiger partial charge in [-0.1, -0.05) is 24.4 Å². The van der Waals surface area contributed by atoms with E-state index in [1.54, 1.807) is 30.5 Å². The van der Waals surface area contributed by atoms with E-state index in [2.05, 4.69) is 15.3 Å². The van der Waals surface area contributed by atoms with E-state index in [9.17, 15) is 5.11 Å². The van der Waals surface area contributed by atoms with Crippen LogP contribution in [0.3, 0.4) is 0 Å². The molecule has 0 aliphatic heterocycles. The van der Waals surface area contributed by atoms with Crippen molar-refractivity contribution in [3.8, 4) is 11.5 Å². The van der Waals surface area contributed by atoms with Crippen LogP contribution in [0.1, 0.15) is 25.7 Å². The number of nitrogen functional groups attached to an aromatic ring is 1. The maximum absolute atomic E-state index is 9.58. The summed E-state index contributed by atoms with van der Waals surface area (Å²) in [7, 11) is 0. The van der Waals surface area contributed by atoms with Crippen LogP contribution < -0.4 is 15.8 Å². The van der Waals surface area contributed by atoms with Crippen LogP contribution in [0.15, 0.2) is 30.5 Å². The molecule has 0 radical (unpaired) electrons. The molecule has 1 aliphatic carbocycles. The van der Waals surface area contributed by atoms with Gasteiger partial charge in [-0.2, -0.15) is 4.98 Å². The Labute approximate surface area is 146 Å². The maximum atomic E-state index is 9.58. The number of hydrogen-bond acceptors (Lipinski definition) is 6. The van der Waals surface area contributed by atoms with Crippen LogP contribution in [0, 0.1) is 5.92 Å². The maximum Gasteiger partial charge on any atom is 0.222 e. The van der Waals surface area contributed by atoms with Gasteiger partial charge in [0.2, 0.25) is 5.95 Å². The van der Waals surface area contributed by atoms with Crippen molar-refractivity contribution < 1.29 is 9.84 Å². The van der Waals surface area contributed by atoms with E-state index in [0.29, 0.717) is 22.3 Å². The highest BCUT2D eigenvalue weighted by atomic mass is 35.5. The SMILES string of the molecule is Nc1ncc(Oc2ccc(Cl)cc2)c(N[C@@H]2CCCC[C@H]2CO)n1. The Morgan fingerprint density at radius 1 is 1.25 bits per heavy atom. The van der Waals surface area contributed by atoms with Crippen molar-refractivity contribution in [2.24, 2.45) is 5.92 Å². The molecule has 1 aromatic carbocycles. The predicted octanol–water partition coefficient (Wildman–Crippen LogP) is 3.47. The quantitative estimate of drug-likeness (QED) is 0.766. The Kier molecular flexibility index (Phi) is 5.37. The van der Waals surface area contributed by atoms with Crippen LogP contribution in [-0.2, 0) is 0 Å². The highest BCUT2D eigenvalue weighted by Crippen LogP contribution is 2.32. The Morgan fingerprint density at radius 2 is 2.00 bits per heavy atom. The van der Waals surface area contributed by atoms with Crippen LogP contribution in [0.25, 0.3) is 0 Å². The van der Waals surface area contributed by atoms with Crippen molar-refractivity contribution in [1.82, 2.24) is 9.97 Å². The summed E-state index contributed by atoms with van der Waals surface area (Å²) in [5, 5.41) is 13.6. The number of aliphatic hydroxyl groups excluding tert-OH is 1. The fourth-order valence-corrected chi connectivity index (χ4v) is 3.11. The van der Waals surface area contributed by atoms with E-state index >= 15 is 0 Å². The average Bonchev–Trinajstić information content (AvgIpc) is 2.59. The number of halogens is 1. The second-order valence-electron chi connectivity index (χ2n) is 5.97. The molecule has 128 valence electrons. The molecule has 7 heteroatoms. The number of nitrogens with one attached hydrogen (secondary N) is 1. The van der Waals surface area contributed by atoms with Crippen molar-refractivity contribution >= 4 is 23.4 Å². The summed E-state index contributed by atoms with van der Waals surface area (Å²) in [6.45, 7) is 0.158. The van der Waals surface area contributed by atoms with Gasteiger partial charge in [0, 0.05) is 23.6 Å². The lowest BCUT2D eigenvalue weighted by atomic mass is 9.85. The zero-order chi connectivity index (χ0) is 16.9. The fourth-order valence-electron chi connectivity index (χ4n) is 2.98. The van der Waals surface area contributed by atoms with Gasteiger partial charge in [0.05, 0.1) is 6.20 Å². The minimum absolute atomic E-state index is 0.144. The normalized spacial score (nSPS) is 20.6. The summed E-state index contributed by atoms with van der Waals surface area (Å²) in [4.78, 5) is 8.28. The number of hydrogen-bond donors (Lipinski definition) is 3. The van der Waals surface area contributed by atoms with E-state index in [1.807, 2.05) is 0 Å². The van der Waals surface area contributed by atoms with Gasteiger partial charge < -0.3 is 20.9 Å². The molecule has 3 rings (SSSR count). The number of benzene rings is 1. The second-order valence-corrected chi connectivity index (χ2v) is 6.41. The van der Waals surface area contributed by atoms with Crippen molar-refractivity contribution in [1.29, 1.82) is 0 Å². The summed E-state index contributed by atoms with van der Waals surface area (Å²) in [5.41, 5.74) is 5.73. The Morgan fingerprint density at radius 3 is 2.75 bits per heavy atom. The monoisotopic (exact) mass is 348 g/mol. The van der Waals surface area contributed by atoms with Gasteiger partial charge >= 0.3 is 0 Å². The van der Waals surface area contributed by atoms with Crippen molar-refractivity contribution in [3.05, 3.63) is 35.5 Å². The van der Waals surface area contributed by atoms with Crippen molar-refractivity contribution in [3.63, 3.8) is 0 Å². The summed E-state index contributed by atoms with van der Waals surface area (Å²) in [5.74, 6) is 2.06. The molecule has 1 aliphatic rings. The lowest BCUT2D eigenvalue weighted by Crippen LogP contribution is -2.34. The number of aliphatic hydroxyl groups is 1. The molecule has 4 N–H and O–H groups in total. The van der Waals surface area contributed by atoms with Crippen LogP contribution in [-0.4, -0.2) is 27.7 Å². The third-order valence-electron chi connectivity index (χ3n) is 4.28. The Hall–Kier alpha value is -2.05. The topological polar surface area (TPSA) is 93.3 Å². The molecule has 0 bridgehead atoms. The molecule has 0 saturated heterocycles. The smallest absolute Gasteiger partial charge is 0.222 e. The standard InChI is InChI=1S/C17H21ClN4O2/c18-12-5-7-13(8-6-12)24-15-9-20-17(19)22-16(15)21-14-4-2-1-3-11(14)10-23/h5-9,11,14,23H,1-4,10H2,(H3,19,20,21,22)/t11-,14+/m0/s1. The van der Waals surface area contributed by atoms with Crippen LogP contribution in [0.2, 0.25) is 5.02 Å². The van der Waals surface area contributed by atoms with Gasteiger partial charge in [-0.05, 0) is 37.1 Å². The van der Waals surface area contributed by atoms with Crippen LogP contribution in [0.5, 0.6) is 11.5 Å². The summed E-state index contributed by atoms with van der Waals surface area (Å²) < 4.78 is 5.87. The zero-order valence-electron chi connectivity index (χ0n) is 13.3. The number of aromatic nitrogens is 2. The Bertz CT molecular complexity index is 681. The Balaban J connectivity index is 1.81. The fraction of sp³-hybridized carbons (Fsp3) is 0.412. The number of ether oxygens (including phenoxy) is 1. The first kappa shape index (κ1) is 16.8. The third kappa shape index (κ3) is 4.07. The van der Waals surface area contributed by atoms with Gasteiger partial charge in [-0.3, -0.25) is 0 Å². The zero-order valence-corrected chi connectivity index (χ0v) is 14.0. The molecule has 0 amide bonds. The minimum Gasteiger partial charge on any atom is -0.452 e. The predicted molar refractivity (Wildman–Crippen MR) is 94.4 cm³/mol. The molecule has 2 aromatic rings. The van der Waals surface area contributed by atoms with Crippen molar-refractivity contribution in [2.75, 3.05) is 17.7 Å². The van der Waals surface area contributed by atoms with E-state index in [1.165, 1.54) is 0 Å². The van der Waals surface area contributed by atoms with Crippen LogP contribution in [0.4, 0.5) is 11.8 Å². The van der Waals surface area contributed by atoms with E-state index in [4.69, 9.17) is 22.1 Å². The lowest BCUT2D eigenvalue weighted by molar-refractivity contribution is 0.178. The highest BCUT2D eigenvalue weighted by molar-refractivity contribution is 6.30. The van der Waals surface area contributed by atoms with Gasteiger partial charge in [-0.15, -0.1) is 0 Å². The molecule has 0 unspecified atom stereocenters. The van der Waals surface area contributed by atoms with E-state index < -0.39 is 0 Å². The molecule has 0 spiro atoms. The van der Waals surface area contributed by atoms with Gasteiger partial charge in [0.15, 0.2) is 11.6 Å². The molecular weight excluding hydrogens is 328 g/mol. The summed E-state index contributed by atoms with van der Waals surface area (Å²) in [6, 6.07) is 7.21. The molecule has 1 fully saturated rings. The van der Waals surface area contributed by atoms with E-state index in [0.717, 1.165) is 25.7 Å². The first-order valence-electron chi connectivity index (χ1n) is 8.09. The first-order chi connectivity index (χ1) is 11.7. The molecule has 6 nitrogen and oxygen atoms in total. The number of anilines is 2. The second kappa shape index (κ2) is 7.68. The summed E-state index contributed by atoms with van der Waals surface area (Å²) >= 11 is 5.89. The molecule has 1 saturated carbocycles. The minimum atomic E-state index is 0.144. The van der Waals surface area contributed by atoms with Gasteiger partial charge in [-0.25, -0.2) is 4.98 Å². The lowest BCUT2D eigenvalue weighted by Gasteiger charge is -2.31. The average molecular weight is 349 g/mol. The van der Waals surface area contributed by atoms with Gasteiger partial charge in [0.25, 0.3) is 0 Å².